The Morgan fingerprint density at radius 2 is 0.718 bits per heavy atom. The Kier molecular flexibility index (Phi) is 8.41. The van der Waals surface area contributed by atoms with Gasteiger partial charge in [-0.3, -0.25) is 9.59 Å². The van der Waals surface area contributed by atoms with Crippen LogP contribution in [0.5, 0.6) is 11.5 Å². The zero-order chi connectivity index (χ0) is 30.5. The van der Waals surface area contributed by atoms with Crippen LogP contribution in [0.2, 0.25) is 0 Å². The fraction of sp³-hybridized carbons (Fsp3) is 0.576. The van der Waals surface area contributed by atoms with Crippen molar-refractivity contribution in [2.24, 2.45) is 5.41 Å². The highest BCUT2D eigenvalue weighted by atomic mass is 16.4. The molecule has 0 saturated carbocycles. The van der Waals surface area contributed by atoms with Crippen LogP contribution in [0.4, 0.5) is 0 Å². The fourth-order valence-corrected chi connectivity index (χ4v) is 5.03. The molecule has 0 aliphatic rings. The molecule has 0 unspecified atom stereocenters. The highest BCUT2D eigenvalue weighted by molar-refractivity contribution is 5.99. The maximum absolute atomic E-state index is 12.9. The van der Waals surface area contributed by atoms with Gasteiger partial charge < -0.3 is 20.4 Å². The molecule has 0 spiro atoms. The van der Waals surface area contributed by atoms with Crippen molar-refractivity contribution >= 4 is 11.9 Å². The fourth-order valence-electron chi connectivity index (χ4n) is 5.03. The molecule has 0 aliphatic heterocycles. The van der Waals surface area contributed by atoms with Gasteiger partial charge in [0.25, 0.3) is 0 Å². The summed E-state index contributed by atoms with van der Waals surface area (Å²) < 4.78 is 0. The second-order valence-electron chi connectivity index (χ2n) is 15.1. The van der Waals surface area contributed by atoms with Gasteiger partial charge in [-0.15, -0.1) is 0 Å². The molecule has 0 heterocycles. The average molecular weight is 541 g/mol. The van der Waals surface area contributed by atoms with E-state index in [1.165, 1.54) is 0 Å². The summed E-state index contributed by atoms with van der Waals surface area (Å²) in [6, 6.07) is 6.96. The van der Waals surface area contributed by atoms with Gasteiger partial charge in [0.15, 0.2) is 5.41 Å². The van der Waals surface area contributed by atoms with Gasteiger partial charge in [-0.25, -0.2) is 0 Å². The standard InChI is InChI=1S/C33H48O6/c1-29(2,3)21-13-19(14-22(25(21)34)30(4,5)6)17-33(27(36)37,28(38)39)18-20-15-23(31(7,8)9)26(35)24(16-20)32(10,11)12/h13-16,34-35H,17-18H2,1-12H3,(H,36,37)(H,38,39). The number of rotatable bonds is 6. The Hall–Kier alpha value is -3.02. The number of aliphatic carboxylic acids is 2. The van der Waals surface area contributed by atoms with Crippen molar-refractivity contribution < 1.29 is 30.0 Å². The first kappa shape index (κ1) is 32.2. The van der Waals surface area contributed by atoms with E-state index in [2.05, 4.69) is 0 Å². The van der Waals surface area contributed by atoms with Crippen molar-refractivity contribution in [2.75, 3.05) is 0 Å². The summed E-state index contributed by atoms with van der Waals surface area (Å²) in [4.78, 5) is 25.7. The van der Waals surface area contributed by atoms with E-state index in [9.17, 15) is 30.0 Å². The van der Waals surface area contributed by atoms with Crippen LogP contribution in [0, 0.1) is 5.41 Å². The van der Waals surface area contributed by atoms with E-state index in [-0.39, 0.29) is 24.3 Å². The first-order chi connectivity index (χ1) is 17.3. The number of phenols is 2. The number of benzene rings is 2. The summed E-state index contributed by atoms with van der Waals surface area (Å²) in [5, 5.41) is 43.2. The van der Waals surface area contributed by atoms with Crippen LogP contribution in [-0.2, 0) is 44.1 Å². The quantitative estimate of drug-likeness (QED) is 0.287. The molecule has 0 bridgehead atoms. The topological polar surface area (TPSA) is 115 Å². The predicted molar refractivity (Wildman–Crippen MR) is 156 cm³/mol. The molecule has 216 valence electrons. The van der Waals surface area contributed by atoms with E-state index in [1.54, 1.807) is 24.3 Å². The van der Waals surface area contributed by atoms with Gasteiger partial charge in [-0.2, -0.15) is 0 Å². The molecule has 0 fully saturated rings. The minimum absolute atomic E-state index is 0.151. The molecule has 2 aromatic carbocycles. The van der Waals surface area contributed by atoms with Gasteiger partial charge in [-0.05, 0) is 67.9 Å². The SMILES string of the molecule is CC(C)(C)c1cc(CC(Cc2cc(C(C)(C)C)c(O)c(C(C)(C)C)c2)(C(=O)O)C(=O)O)cc(C(C)(C)C)c1O. The van der Waals surface area contributed by atoms with Crippen LogP contribution in [0.3, 0.4) is 0 Å². The third-order valence-electron chi connectivity index (χ3n) is 7.40. The molecule has 2 rings (SSSR count). The van der Waals surface area contributed by atoms with E-state index in [4.69, 9.17) is 0 Å². The molecule has 0 radical (unpaired) electrons. The van der Waals surface area contributed by atoms with Crippen molar-refractivity contribution in [3.63, 3.8) is 0 Å². The monoisotopic (exact) mass is 540 g/mol. The highest BCUT2D eigenvalue weighted by Gasteiger charge is 2.47. The van der Waals surface area contributed by atoms with Gasteiger partial charge in [0.2, 0.25) is 0 Å². The maximum atomic E-state index is 12.9. The second-order valence-corrected chi connectivity index (χ2v) is 15.1. The Bertz CT molecular complexity index is 1090. The lowest BCUT2D eigenvalue weighted by molar-refractivity contribution is -0.164. The molecule has 0 saturated heterocycles. The molecule has 2 aromatic rings. The normalized spacial score (nSPS) is 13.4. The van der Waals surface area contributed by atoms with Crippen LogP contribution in [0.15, 0.2) is 24.3 Å². The van der Waals surface area contributed by atoms with E-state index in [0.29, 0.717) is 33.4 Å². The summed E-state index contributed by atoms with van der Waals surface area (Å²) in [7, 11) is 0. The highest BCUT2D eigenvalue weighted by Crippen LogP contribution is 2.43. The van der Waals surface area contributed by atoms with Gasteiger partial charge in [0.05, 0.1) is 0 Å². The predicted octanol–water partition coefficient (Wildman–Crippen LogP) is 7.23. The Morgan fingerprint density at radius 1 is 0.513 bits per heavy atom. The summed E-state index contributed by atoms with van der Waals surface area (Å²) in [5.74, 6) is -2.56. The second kappa shape index (κ2) is 10.2. The minimum Gasteiger partial charge on any atom is -0.507 e. The third-order valence-corrected chi connectivity index (χ3v) is 7.40. The van der Waals surface area contributed by atoms with Crippen molar-refractivity contribution in [1.82, 2.24) is 0 Å². The van der Waals surface area contributed by atoms with E-state index in [1.807, 2.05) is 83.1 Å². The summed E-state index contributed by atoms with van der Waals surface area (Å²) in [6.07, 6.45) is -0.526. The lowest BCUT2D eigenvalue weighted by Gasteiger charge is -2.32. The average Bonchev–Trinajstić information content (AvgIpc) is 2.71. The molecule has 0 aromatic heterocycles. The molecule has 0 amide bonds. The number of carboxylic acids is 2. The molecule has 6 nitrogen and oxygen atoms in total. The van der Waals surface area contributed by atoms with Gasteiger partial charge in [0.1, 0.15) is 11.5 Å². The van der Waals surface area contributed by atoms with Gasteiger partial charge in [0, 0.05) is 0 Å². The van der Waals surface area contributed by atoms with Crippen molar-refractivity contribution in [3.8, 4) is 11.5 Å². The number of carboxylic acid groups (broad SMARTS) is 2. The van der Waals surface area contributed by atoms with E-state index >= 15 is 0 Å². The minimum atomic E-state index is -2.16. The number of carbonyl (C=O) groups is 2. The molecular formula is C33H48O6. The zero-order valence-corrected chi connectivity index (χ0v) is 25.8. The van der Waals surface area contributed by atoms with Crippen LogP contribution in [0.1, 0.15) is 116 Å². The van der Waals surface area contributed by atoms with Crippen LogP contribution >= 0.6 is 0 Å². The molecule has 6 heteroatoms. The number of aromatic hydroxyl groups is 2. The first-order valence-corrected chi connectivity index (χ1v) is 13.5. The summed E-state index contributed by atoms with van der Waals surface area (Å²) in [5.41, 5.74) is -0.309. The third kappa shape index (κ3) is 6.77. The smallest absolute Gasteiger partial charge is 0.321 e. The van der Waals surface area contributed by atoms with E-state index in [0.717, 1.165) is 0 Å². The molecular weight excluding hydrogens is 492 g/mol. The molecule has 39 heavy (non-hydrogen) atoms. The van der Waals surface area contributed by atoms with Crippen molar-refractivity contribution in [1.29, 1.82) is 0 Å². The maximum Gasteiger partial charge on any atom is 0.321 e. The Balaban J connectivity index is 2.85. The first-order valence-electron chi connectivity index (χ1n) is 13.5. The lowest BCUT2D eigenvalue weighted by Crippen LogP contribution is -2.43. The van der Waals surface area contributed by atoms with Crippen molar-refractivity contribution in [3.05, 3.63) is 57.6 Å². The molecule has 0 aliphatic carbocycles. The number of phenolic OH excluding ortho intramolecular Hbond substituents is 2. The van der Waals surface area contributed by atoms with E-state index < -0.39 is 39.0 Å². The Morgan fingerprint density at radius 3 is 0.872 bits per heavy atom. The lowest BCUT2D eigenvalue weighted by atomic mass is 9.72. The molecule has 4 N–H and O–H groups in total. The Labute approximate surface area is 234 Å². The van der Waals surface area contributed by atoms with Gasteiger partial charge >= 0.3 is 11.9 Å². The van der Waals surface area contributed by atoms with Crippen molar-refractivity contribution in [2.45, 2.75) is 118 Å². The van der Waals surface area contributed by atoms with Crippen LogP contribution in [0.25, 0.3) is 0 Å². The molecule has 0 atom stereocenters. The van der Waals surface area contributed by atoms with Crippen LogP contribution in [-0.4, -0.2) is 32.4 Å². The number of hydrogen-bond donors (Lipinski definition) is 4. The van der Waals surface area contributed by atoms with Gasteiger partial charge in [-0.1, -0.05) is 107 Å². The largest absolute Gasteiger partial charge is 0.507 e. The number of hydrogen-bond acceptors (Lipinski definition) is 4. The zero-order valence-electron chi connectivity index (χ0n) is 25.8. The summed E-state index contributed by atoms with van der Waals surface area (Å²) in [6.45, 7) is 23.5. The van der Waals surface area contributed by atoms with Crippen LogP contribution < -0.4 is 0 Å². The summed E-state index contributed by atoms with van der Waals surface area (Å²) >= 11 is 0.